The average molecular weight is 423 g/mol. The molecule has 3 aromatic heterocycles. The second-order valence-electron chi connectivity index (χ2n) is 8.80. The van der Waals surface area contributed by atoms with Crippen LogP contribution in [0.4, 0.5) is 10.2 Å². The molecule has 3 aromatic rings. The predicted octanol–water partition coefficient (Wildman–Crippen LogP) is 3.79. The number of hydrogen-bond donors (Lipinski definition) is 0. The fraction of sp³-hybridized carbons (Fsp3) is 0.478. The monoisotopic (exact) mass is 422 g/mol. The van der Waals surface area contributed by atoms with Crippen LogP contribution < -0.4 is 4.90 Å². The Hall–Kier alpha value is -3.03. The molecule has 0 N–H and O–H groups in total. The van der Waals surface area contributed by atoms with Gasteiger partial charge >= 0.3 is 0 Å². The van der Waals surface area contributed by atoms with Crippen molar-refractivity contribution in [3.05, 3.63) is 53.4 Å². The van der Waals surface area contributed by atoms with E-state index in [4.69, 9.17) is 10.1 Å². The molecule has 2 atom stereocenters. The summed E-state index contributed by atoms with van der Waals surface area (Å²) in [5.41, 5.74) is 2.53. The minimum atomic E-state index is -0.589. The number of carbonyl (C=O) groups is 1. The standard InChI is InChI=1S/C23H27FN6O/c1-15-8-11-28(13-15)22-16(2)14-30-20(26-22)12-18(27-30)19-7-3-4-10-29(19)23(31)21-17(24)6-5-9-25-21/h5-6,9,12,14-15,19H,3-4,7-8,10-11,13H2,1-2H3/t15-,19-/m0/s1. The number of piperidine rings is 1. The van der Waals surface area contributed by atoms with E-state index >= 15 is 0 Å². The van der Waals surface area contributed by atoms with E-state index in [0.29, 0.717) is 12.5 Å². The molecule has 5 rings (SSSR count). The maximum absolute atomic E-state index is 14.2. The molecule has 0 saturated carbocycles. The first-order valence-corrected chi connectivity index (χ1v) is 11.0. The Morgan fingerprint density at radius 1 is 1.23 bits per heavy atom. The molecule has 0 spiro atoms. The summed E-state index contributed by atoms with van der Waals surface area (Å²) in [6.45, 7) is 6.94. The Kier molecular flexibility index (Phi) is 5.08. The third kappa shape index (κ3) is 3.64. The fourth-order valence-corrected chi connectivity index (χ4v) is 4.79. The molecule has 5 heterocycles. The lowest BCUT2D eigenvalue weighted by atomic mass is 9.99. The van der Waals surface area contributed by atoms with Crippen LogP contribution in [0.1, 0.15) is 60.4 Å². The highest BCUT2D eigenvalue weighted by molar-refractivity contribution is 5.92. The Labute approximate surface area is 180 Å². The second-order valence-corrected chi connectivity index (χ2v) is 8.80. The molecule has 31 heavy (non-hydrogen) atoms. The normalized spacial score (nSPS) is 21.8. The Morgan fingerprint density at radius 2 is 2.10 bits per heavy atom. The van der Waals surface area contributed by atoms with Gasteiger partial charge in [-0.15, -0.1) is 0 Å². The first-order valence-electron chi connectivity index (χ1n) is 11.0. The predicted molar refractivity (Wildman–Crippen MR) is 116 cm³/mol. The second kappa shape index (κ2) is 7.90. The summed E-state index contributed by atoms with van der Waals surface area (Å²) in [6, 6.07) is 4.53. The number of hydrogen-bond acceptors (Lipinski definition) is 5. The van der Waals surface area contributed by atoms with Gasteiger partial charge in [0, 0.05) is 43.7 Å². The molecule has 0 radical (unpaired) electrons. The first kappa shape index (κ1) is 19.9. The SMILES string of the molecule is Cc1cn2nc([C@@H]3CCCCN3C(=O)c3ncccc3F)cc2nc1N1CC[C@H](C)C1. The number of nitrogens with zero attached hydrogens (tertiary/aromatic N) is 6. The summed E-state index contributed by atoms with van der Waals surface area (Å²) in [5, 5.41) is 4.76. The van der Waals surface area contributed by atoms with Crippen molar-refractivity contribution in [2.45, 2.75) is 45.6 Å². The average Bonchev–Trinajstić information content (AvgIpc) is 3.38. The van der Waals surface area contributed by atoms with Crippen molar-refractivity contribution in [1.82, 2.24) is 24.5 Å². The van der Waals surface area contributed by atoms with Gasteiger partial charge in [-0.25, -0.2) is 18.9 Å². The number of rotatable bonds is 3. The number of aromatic nitrogens is 4. The molecule has 0 aliphatic carbocycles. The van der Waals surface area contributed by atoms with Crippen molar-refractivity contribution in [3.63, 3.8) is 0 Å². The largest absolute Gasteiger partial charge is 0.356 e. The van der Waals surface area contributed by atoms with Gasteiger partial charge < -0.3 is 9.80 Å². The number of anilines is 1. The summed E-state index contributed by atoms with van der Waals surface area (Å²) in [6.07, 6.45) is 7.32. The van der Waals surface area contributed by atoms with Crippen molar-refractivity contribution < 1.29 is 9.18 Å². The topological polar surface area (TPSA) is 66.6 Å². The molecule has 1 amide bonds. The van der Waals surface area contributed by atoms with E-state index in [1.54, 1.807) is 9.42 Å². The number of carbonyl (C=O) groups excluding carboxylic acids is 1. The third-order valence-corrected chi connectivity index (χ3v) is 6.41. The third-order valence-electron chi connectivity index (χ3n) is 6.41. The van der Waals surface area contributed by atoms with Crippen LogP contribution in [0, 0.1) is 18.7 Å². The summed E-state index contributed by atoms with van der Waals surface area (Å²) in [4.78, 5) is 26.0. The first-order chi connectivity index (χ1) is 15.0. The fourth-order valence-electron chi connectivity index (χ4n) is 4.79. The number of amides is 1. The zero-order chi connectivity index (χ0) is 21.5. The van der Waals surface area contributed by atoms with Crippen LogP contribution in [-0.4, -0.2) is 50.0 Å². The van der Waals surface area contributed by atoms with Gasteiger partial charge in [-0.2, -0.15) is 5.10 Å². The highest BCUT2D eigenvalue weighted by atomic mass is 19.1. The summed E-state index contributed by atoms with van der Waals surface area (Å²) in [5.74, 6) is 0.714. The van der Waals surface area contributed by atoms with Crippen molar-refractivity contribution in [1.29, 1.82) is 0 Å². The van der Waals surface area contributed by atoms with Gasteiger partial charge in [-0.3, -0.25) is 4.79 Å². The lowest BCUT2D eigenvalue weighted by molar-refractivity contribution is 0.0594. The zero-order valence-electron chi connectivity index (χ0n) is 18.0. The van der Waals surface area contributed by atoms with Gasteiger partial charge in [0.2, 0.25) is 0 Å². The molecular formula is C23H27FN6O. The number of likely N-dealkylation sites (tertiary alicyclic amines) is 1. The maximum Gasteiger partial charge on any atom is 0.276 e. The van der Waals surface area contributed by atoms with Crippen LogP contribution in [0.5, 0.6) is 0 Å². The number of fused-ring (bicyclic) bond motifs is 1. The van der Waals surface area contributed by atoms with Crippen LogP contribution in [0.25, 0.3) is 5.65 Å². The molecule has 7 nitrogen and oxygen atoms in total. The molecule has 0 unspecified atom stereocenters. The minimum Gasteiger partial charge on any atom is -0.356 e. The van der Waals surface area contributed by atoms with Gasteiger partial charge in [0.15, 0.2) is 17.2 Å². The quantitative estimate of drug-likeness (QED) is 0.643. The molecule has 0 aromatic carbocycles. The van der Waals surface area contributed by atoms with Crippen LogP contribution in [0.15, 0.2) is 30.6 Å². The van der Waals surface area contributed by atoms with Crippen molar-refractivity contribution in [2.24, 2.45) is 5.92 Å². The van der Waals surface area contributed by atoms with E-state index in [0.717, 1.165) is 55.1 Å². The Balaban J connectivity index is 1.48. The lowest BCUT2D eigenvalue weighted by Gasteiger charge is -2.34. The summed E-state index contributed by atoms with van der Waals surface area (Å²) >= 11 is 0. The van der Waals surface area contributed by atoms with Gasteiger partial charge in [-0.05, 0) is 50.7 Å². The molecule has 2 aliphatic rings. The van der Waals surface area contributed by atoms with E-state index in [1.165, 1.54) is 24.8 Å². The van der Waals surface area contributed by atoms with Gasteiger partial charge in [-0.1, -0.05) is 6.92 Å². The van der Waals surface area contributed by atoms with Crippen LogP contribution in [0.3, 0.4) is 0 Å². The number of halogens is 1. The van der Waals surface area contributed by atoms with E-state index in [-0.39, 0.29) is 17.6 Å². The van der Waals surface area contributed by atoms with Crippen molar-refractivity contribution in [2.75, 3.05) is 24.5 Å². The highest BCUT2D eigenvalue weighted by Gasteiger charge is 2.32. The van der Waals surface area contributed by atoms with Crippen molar-refractivity contribution >= 4 is 17.4 Å². The van der Waals surface area contributed by atoms with E-state index in [1.807, 2.05) is 12.3 Å². The molecule has 0 bridgehead atoms. The Morgan fingerprint density at radius 3 is 2.87 bits per heavy atom. The summed E-state index contributed by atoms with van der Waals surface area (Å²) in [7, 11) is 0. The molecule has 162 valence electrons. The molecule has 2 aliphatic heterocycles. The maximum atomic E-state index is 14.2. The van der Waals surface area contributed by atoms with E-state index in [9.17, 15) is 9.18 Å². The number of aryl methyl sites for hydroxylation is 1. The Bertz CT molecular complexity index is 1130. The number of pyridine rings is 1. The summed E-state index contributed by atoms with van der Waals surface area (Å²) < 4.78 is 16.0. The lowest BCUT2D eigenvalue weighted by Crippen LogP contribution is -2.39. The zero-order valence-corrected chi connectivity index (χ0v) is 18.0. The van der Waals surface area contributed by atoms with Crippen LogP contribution in [-0.2, 0) is 0 Å². The molecule has 2 saturated heterocycles. The van der Waals surface area contributed by atoms with E-state index < -0.39 is 5.82 Å². The van der Waals surface area contributed by atoms with Gasteiger partial charge in [0.05, 0.1) is 11.7 Å². The van der Waals surface area contributed by atoms with Gasteiger partial charge in [0.1, 0.15) is 5.82 Å². The highest BCUT2D eigenvalue weighted by Crippen LogP contribution is 2.33. The van der Waals surface area contributed by atoms with E-state index in [2.05, 4.69) is 23.7 Å². The molecular weight excluding hydrogens is 395 g/mol. The molecule has 2 fully saturated rings. The van der Waals surface area contributed by atoms with Crippen LogP contribution in [0.2, 0.25) is 0 Å². The van der Waals surface area contributed by atoms with Gasteiger partial charge in [0.25, 0.3) is 5.91 Å². The van der Waals surface area contributed by atoms with Crippen LogP contribution >= 0.6 is 0 Å². The van der Waals surface area contributed by atoms with Crippen molar-refractivity contribution in [3.8, 4) is 0 Å². The molecule has 8 heteroatoms. The smallest absolute Gasteiger partial charge is 0.276 e. The minimum absolute atomic E-state index is 0.127.